The van der Waals surface area contributed by atoms with E-state index in [9.17, 15) is 13.6 Å². The summed E-state index contributed by atoms with van der Waals surface area (Å²) in [7, 11) is 0. The lowest BCUT2D eigenvalue weighted by atomic mass is 10.2. The molecule has 0 spiro atoms. The van der Waals surface area contributed by atoms with Crippen molar-refractivity contribution in [2.45, 2.75) is 5.92 Å². The van der Waals surface area contributed by atoms with Crippen molar-refractivity contribution in [3.05, 3.63) is 0 Å². The largest absolute Gasteiger partial charge is 0.331 e. The summed E-state index contributed by atoms with van der Waals surface area (Å²) in [4.78, 5) is 11.4. The number of amides is 2. The third-order valence-electron chi connectivity index (χ3n) is 1.26. The molecule has 1 aliphatic heterocycles. The summed E-state index contributed by atoms with van der Waals surface area (Å²) < 4.78 is 24.0. The van der Waals surface area contributed by atoms with E-state index in [1.165, 1.54) is 0 Å². The Balaban J connectivity index is 2.33. The average Bonchev–Trinajstić information content (AvgIpc) is 1.81. The smallest absolute Gasteiger partial charge is 0.312 e. The Morgan fingerprint density at radius 3 is 2.40 bits per heavy atom. The maximum atomic E-state index is 12.0. The maximum absolute atomic E-state index is 12.0. The van der Waals surface area contributed by atoms with Crippen molar-refractivity contribution in [2.24, 2.45) is 5.84 Å². The van der Waals surface area contributed by atoms with Gasteiger partial charge in [0.2, 0.25) is 0 Å². The quantitative estimate of drug-likeness (QED) is 0.279. The number of hydrazine groups is 1. The van der Waals surface area contributed by atoms with Gasteiger partial charge in [0.25, 0.3) is 5.92 Å². The van der Waals surface area contributed by atoms with Crippen molar-refractivity contribution in [1.29, 1.82) is 0 Å². The molecule has 0 aromatic carbocycles. The van der Waals surface area contributed by atoms with Crippen LogP contribution in [0.4, 0.5) is 13.6 Å². The van der Waals surface area contributed by atoms with E-state index in [4.69, 9.17) is 0 Å². The molecular weight excluding hydrogens is 144 g/mol. The lowest BCUT2D eigenvalue weighted by molar-refractivity contribution is -0.109. The fourth-order valence-electron chi connectivity index (χ4n) is 0.747. The van der Waals surface area contributed by atoms with Crippen molar-refractivity contribution in [3.63, 3.8) is 0 Å². The Morgan fingerprint density at radius 2 is 2.10 bits per heavy atom. The molecule has 0 saturated carbocycles. The number of urea groups is 1. The Kier molecular flexibility index (Phi) is 1.47. The van der Waals surface area contributed by atoms with E-state index in [-0.39, 0.29) is 0 Å². The number of carbonyl (C=O) groups excluding carboxylic acids is 1. The molecule has 1 rings (SSSR count). The van der Waals surface area contributed by atoms with Crippen molar-refractivity contribution in [3.8, 4) is 0 Å². The van der Waals surface area contributed by atoms with Gasteiger partial charge >= 0.3 is 6.03 Å². The second-order valence-corrected chi connectivity index (χ2v) is 2.16. The molecule has 1 heterocycles. The molecule has 6 heteroatoms. The van der Waals surface area contributed by atoms with Gasteiger partial charge in [0.1, 0.15) is 0 Å². The molecular formula is C4H7F2N3O. The van der Waals surface area contributed by atoms with E-state index < -0.39 is 25.0 Å². The van der Waals surface area contributed by atoms with Gasteiger partial charge in [0.05, 0.1) is 13.1 Å². The third-order valence-corrected chi connectivity index (χ3v) is 1.26. The normalized spacial score (nSPS) is 21.7. The number of carbonyl (C=O) groups is 1. The van der Waals surface area contributed by atoms with E-state index in [0.29, 0.717) is 0 Å². The first kappa shape index (κ1) is 7.20. The van der Waals surface area contributed by atoms with E-state index in [1.807, 2.05) is 0 Å². The highest BCUT2D eigenvalue weighted by molar-refractivity contribution is 5.74. The van der Waals surface area contributed by atoms with E-state index in [2.05, 4.69) is 5.84 Å². The van der Waals surface area contributed by atoms with Crippen LogP contribution in [0.2, 0.25) is 0 Å². The molecule has 0 aliphatic carbocycles. The van der Waals surface area contributed by atoms with Crippen LogP contribution in [0.25, 0.3) is 0 Å². The summed E-state index contributed by atoms with van der Waals surface area (Å²) in [6.45, 7) is -1.06. The Labute approximate surface area is 55.9 Å². The van der Waals surface area contributed by atoms with Gasteiger partial charge in [0.15, 0.2) is 0 Å². The summed E-state index contributed by atoms with van der Waals surface area (Å²) in [5.41, 5.74) is 1.76. The lowest BCUT2D eigenvalue weighted by Gasteiger charge is -2.37. The minimum Gasteiger partial charge on any atom is -0.312 e. The fourth-order valence-corrected chi connectivity index (χ4v) is 0.747. The molecule has 0 unspecified atom stereocenters. The van der Waals surface area contributed by atoms with Crippen molar-refractivity contribution in [2.75, 3.05) is 13.1 Å². The van der Waals surface area contributed by atoms with Gasteiger partial charge in [-0.3, -0.25) is 5.43 Å². The maximum Gasteiger partial charge on any atom is 0.331 e. The predicted molar refractivity (Wildman–Crippen MR) is 29.2 cm³/mol. The van der Waals surface area contributed by atoms with Gasteiger partial charge in [-0.15, -0.1) is 0 Å². The number of nitrogens with zero attached hydrogens (tertiary/aromatic N) is 1. The average molecular weight is 151 g/mol. The van der Waals surface area contributed by atoms with Gasteiger partial charge < -0.3 is 4.90 Å². The first-order chi connectivity index (χ1) is 4.55. The van der Waals surface area contributed by atoms with Crippen LogP contribution in [-0.2, 0) is 0 Å². The van der Waals surface area contributed by atoms with Gasteiger partial charge in [-0.1, -0.05) is 0 Å². The van der Waals surface area contributed by atoms with Gasteiger partial charge in [0, 0.05) is 0 Å². The van der Waals surface area contributed by atoms with Crippen LogP contribution >= 0.6 is 0 Å². The molecule has 0 radical (unpaired) electrons. The zero-order valence-electron chi connectivity index (χ0n) is 5.10. The molecule has 1 saturated heterocycles. The third kappa shape index (κ3) is 1.15. The highest BCUT2D eigenvalue weighted by atomic mass is 19.3. The van der Waals surface area contributed by atoms with E-state index in [1.54, 1.807) is 5.43 Å². The van der Waals surface area contributed by atoms with Crippen LogP contribution in [0.1, 0.15) is 0 Å². The molecule has 0 aromatic rings. The number of rotatable bonds is 0. The van der Waals surface area contributed by atoms with Crippen LogP contribution in [0, 0.1) is 0 Å². The summed E-state index contributed by atoms with van der Waals surface area (Å²) >= 11 is 0. The number of alkyl halides is 2. The van der Waals surface area contributed by atoms with Crippen molar-refractivity contribution < 1.29 is 13.6 Å². The number of halogens is 2. The zero-order valence-corrected chi connectivity index (χ0v) is 5.10. The van der Waals surface area contributed by atoms with Crippen LogP contribution in [0.15, 0.2) is 0 Å². The predicted octanol–water partition coefficient (Wildman–Crippen LogP) is -0.479. The van der Waals surface area contributed by atoms with Crippen LogP contribution in [-0.4, -0.2) is 29.9 Å². The Hall–Kier alpha value is -0.910. The van der Waals surface area contributed by atoms with E-state index in [0.717, 1.165) is 4.90 Å². The molecule has 1 fully saturated rings. The molecule has 0 bridgehead atoms. The van der Waals surface area contributed by atoms with Crippen LogP contribution in [0.5, 0.6) is 0 Å². The van der Waals surface area contributed by atoms with Crippen molar-refractivity contribution >= 4 is 6.03 Å². The summed E-state index contributed by atoms with van der Waals surface area (Å²) in [5.74, 6) is 1.97. The van der Waals surface area contributed by atoms with Gasteiger partial charge in [-0.05, 0) is 0 Å². The summed E-state index contributed by atoms with van der Waals surface area (Å²) in [6, 6.07) is -0.661. The van der Waals surface area contributed by atoms with Gasteiger partial charge in [-0.25, -0.2) is 19.4 Å². The second kappa shape index (κ2) is 2.05. The molecule has 0 atom stereocenters. The SMILES string of the molecule is NNC(=O)N1CC(F)(F)C1. The minimum absolute atomic E-state index is 0.532. The first-order valence-corrected chi connectivity index (χ1v) is 2.68. The monoisotopic (exact) mass is 151 g/mol. The number of hydrogen-bond acceptors (Lipinski definition) is 2. The lowest BCUT2D eigenvalue weighted by Crippen LogP contribution is -2.61. The number of nitrogens with one attached hydrogen (secondary N) is 1. The van der Waals surface area contributed by atoms with Crippen LogP contribution in [0.3, 0.4) is 0 Å². The topological polar surface area (TPSA) is 58.4 Å². The molecule has 58 valence electrons. The molecule has 1 aliphatic rings. The molecule has 4 nitrogen and oxygen atoms in total. The first-order valence-electron chi connectivity index (χ1n) is 2.68. The zero-order chi connectivity index (χ0) is 7.78. The highest BCUT2D eigenvalue weighted by Crippen LogP contribution is 2.25. The van der Waals surface area contributed by atoms with Gasteiger partial charge in [-0.2, -0.15) is 0 Å². The number of nitrogens with two attached hydrogens (primary N) is 1. The molecule has 10 heavy (non-hydrogen) atoms. The Morgan fingerprint density at radius 1 is 1.60 bits per heavy atom. The number of likely N-dealkylation sites (tertiary alicyclic amines) is 1. The van der Waals surface area contributed by atoms with E-state index >= 15 is 0 Å². The second-order valence-electron chi connectivity index (χ2n) is 2.16. The standard InChI is InChI=1S/C4H7F2N3O/c5-4(6)1-9(2-4)3(10)8-7/h1-2,7H2,(H,8,10). The molecule has 0 aromatic heterocycles. The Bertz CT molecular complexity index is 153. The fraction of sp³-hybridized carbons (Fsp3) is 0.750. The van der Waals surface area contributed by atoms with Crippen LogP contribution < -0.4 is 11.3 Å². The molecule has 2 amide bonds. The minimum atomic E-state index is -2.72. The molecule has 3 N–H and O–H groups in total. The summed E-state index contributed by atoms with van der Waals surface area (Å²) in [6.07, 6.45) is 0. The number of hydrogen-bond donors (Lipinski definition) is 2. The van der Waals surface area contributed by atoms with Crippen molar-refractivity contribution in [1.82, 2.24) is 10.3 Å². The summed E-state index contributed by atoms with van der Waals surface area (Å²) in [5, 5.41) is 0. The highest BCUT2D eigenvalue weighted by Gasteiger charge is 2.46.